The van der Waals surface area contributed by atoms with Crippen LogP contribution in [0.3, 0.4) is 0 Å². The number of hydrogen-bond acceptors (Lipinski definition) is 4. The highest BCUT2D eigenvalue weighted by atomic mass is 16.5. The third-order valence-corrected chi connectivity index (χ3v) is 5.77. The largest absolute Gasteiger partial charge is 0.497 e. The van der Waals surface area contributed by atoms with E-state index >= 15 is 0 Å². The fourth-order valence-electron chi connectivity index (χ4n) is 4.29. The number of hydrogen-bond donors (Lipinski definition) is 1. The molecule has 2 amide bonds. The summed E-state index contributed by atoms with van der Waals surface area (Å²) in [6.45, 7) is 2.25. The van der Waals surface area contributed by atoms with Crippen LogP contribution < -0.4 is 10.1 Å². The molecule has 4 rings (SSSR count). The van der Waals surface area contributed by atoms with Crippen molar-refractivity contribution in [2.24, 2.45) is 0 Å². The molecule has 1 atom stereocenters. The first kappa shape index (κ1) is 16.4. The standard InChI is InChI=1S/C19H24N2O4/c1-24-13-3-4-16-14(11-13)15(12-17(22)20-16)18(23)21-8-6-19(7-9-21)5-2-10-25-19/h3-4,11,15H,2,5-10,12H2,1H3,(H,20,22)/t15-/m1/s1. The fourth-order valence-corrected chi connectivity index (χ4v) is 4.29. The van der Waals surface area contributed by atoms with Crippen molar-refractivity contribution >= 4 is 17.5 Å². The van der Waals surface area contributed by atoms with Gasteiger partial charge in [0, 0.05) is 31.8 Å². The molecular formula is C19H24N2O4. The average Bonchev–Trinajstić information content (AvgIpc) is 3.08. The molecule has 3 aliphatic heterocycles. The van der Waals surface area contributed by atoms with Crippen LogP contribution in [0.4, 0.5) is 5.69 Å². The summed E-state index contributed by atoms with van der Waals surface area (Å²) in [5.74, 6) is 0.197. The van der Waals surface area contributed by atoms with E-state index in [0.717, 1.165) is 37.9 Å². The predicted octanol–water partition coefficient (Wildman–Crippen LogP) is 2.29. The van der Waals surface area contributed by atoms with E-state index in [1.54, 1.807) is 13.2 Å². The monoisotopic (exact) mass is 344 g/mol. The van der Waals surface area contributed by atoms with Gasteiger partial charge in [-0.05, 0) is 49.4 Å². The van der Waals surface area contributed by atoms with Gasteiger partial charge in [-0.3, -0.25) is 9.59 Å². The molecule has 0 aliphatic carbocycles. The molecular weight excluding hydrogens is 320 g/mol. The Balaban J connectivity index is 1.53. The summed E-state index contributed by atoms with van der Waals surface area (Å²) in [5, 5.41) is 2.85. The minimum absolute atomic E-state index is 0.0121. The molecule has 25 heavy (non-hydrogen) atoms. The highest BCUT2D eigenvalue weighted by Crippen LogP contribution is 2.39. The van der Waals surface area contributed by atoms with E-state index in [-0.39, 0.29) is 23.8 Å². The Hall–Kier alpha value is -2.08. The lowest BCUT2D eigenvalue weighted by molar-refractivity contribution is -0.139. The fraction of sp³-hybridized carbons (Fsp3) is 0.579. The van der Waals surface area contributed by atoms with Gasteiger partial charge >= 0.3 is 0 Å². The lowest BCUT2D eigenvalue weighted by atomic mass is 9.85. The van der Waals surface area contributed by atoms with Crippen molar-refractivity contribution in [2.45, 2.75) is 43.6 Å². The lowest BCUT2D eigenvalue weighted by Gasteiger charge is -2.40. The molecule has 134 valence electrons. The highest BCUT2D eigenvalue weighted by molar-refractivity contribution is 6.01. The minimum Gasteiger partial charge on any atom is -0.497 e. The molecule has 3 aliphatic rings. The molecule has 0 bridgehead atoms. The molecule has 0 unspecified atom stereocenters. The highest BCUT2D eigenvalue weighted by Gasteiger charge is 2.41. The molecule has 0 radical (unpaired) electrons. The first-order chi connectivity index (χ1) is 12.1. The van der Waals surface area contributed by atoms with Gasteiger partial charge in [0.15, 0.2) is 0 Å². The number of nitrogens with one attached hydrogen (secondary N) is 1. The number of carbonyl (C=O) groups excluding carboxylic acids is 2. The van der Waals surface area contributed by atoms with E-state index in [9.17, 15) is 9.59 Å². The zero-order valence-corrected chi connectivity index (χ0v) is 14.5. The molecule has 3 heterocycles. The SMILES string of the molecule is COc1ccc2c(c1)[C@H](C(=O)N1CCC3(CCCO3)CC1)CC(=O)N2. The van der Waals surface area contributed by atoms with Gasteiger partial charge in [-0.15, -0.1) is 0 Å². The van der Waals surface area contributed by atoms with E-state index in [0.29, 0.717) is 24.5 Å². The minimum atomic E-state index is -0.433. The lowest BCUT2D eigenvalue weighted by Crippen LogP contribution is -2.48. The smallest absolute Gasteiger partial charge is 0.230 e. The Kier molecular flexibility index (Phi) is 4.15. The molecule has 6 nitrogen and oxygen atoms in total. The van der Waals surface area contributed by atoms with Crippen LogP contribution in [-0.2, 0) is 14.3 Å². The summed E-state index contributed by atoms with van der Waals surface area (Å²) in [6.07, 6.45) is 4.19. The summed E-state index contributed by atoms with van der Waals surface area (Å²) in [7, 11) is 1.60. The Morgan fingerprint density at radius 3 is 2.80 bits per heavy atom. The maximum absolute atomic E-state index is 13.1. The van der Waals surface area contributed by atoms with Gasteiger partial charge in [0.2, 0.25) is 11.8 Å². The van der Waals surface area contributed by atoms with Crippen molar-refractivity contribution in [3.63, 3.8) is 0 Å². The maximum atomic E-state index is 13.1. The number of carbonyl (C=O) groups is 2. The predicted molar refractivity (Wildman–Crippen MR) is 92.7 cm³/mol. The zero-order chi connectivity index (χ0) is 17.4. The Labute approximate surface area is 147 Å². The Morgan fingerprint density at radius 1 is 1.32 bits per heavy atom. The van der Waals surface area contributed by atoms with Crippen molar-refractivity contribution in [2.75, 3.05) is 32.1 Å². The van der Waals surface area contributed by atoms with Gasteiger partial charge in [0.1, 0.15) is 5.75 Å². The Morgan fingerprint density at radius 2 is 2.12 bits per heavy atom. The van der Waals surface area contributed by atoms with E-state index in [1.807, 2.05) is 17.0 Å². The van der Waals surface area contributed by atoms with Gasteiger partial charge in [-0.25, -0.2) is 0 Å². The summed E-state index contributed by atoms with van der Waals surface area (Å²) in [4.78, 5) is 27.1. The quantitative estimate of drug-likeness (QED) is 0.894. The van der Waals surface area contributed by atoms with Crippen molar-refractivity contribution in [1.82, 2.24) is 4.90 Å². The number of fused-ring (bicyclic) bond motifs is 1. The number of rotatable bonds is 2. The van der Waals surface area contributed by atoms with Crippen molar-refractivity contribution in [3.8, 4) is 5.75 Å². The molecule has 6 heteroatoms. The molecule has 0 aromatic heterocycles. The van der Waals surface area contributed by atoms with Crippen LogP contribution in [0.2, 0.25) is 0 Å². The van der Waals surface area contributed by atoms with Crippen LogP contribution in [0.15, 0.2) is 18.2 Å². The van der Waals surface area contributed by atoms with Gasteiger partial charge < -0.3 is 19.7 Å². The van der Waals surface area contributed by atoms with Crippen LogP contribution in [0, 0.1) is 0 Å². The summed E-state index contributed by atoms with van der Waals surface area (Å²) in [5.41, 5.74) is 1.55. The van der Waals surface area contributed by atoms with Crippen LogP contribution in [-0.4, -0.2) is 49.1 Å². The third-order valence-electron chi connectivity index (χ3n) is 5.77. The number of likely N-dealkylation sites (tertiary alicyclic amines) is 1. The van der Waals surface area contributed by atoms with Gasteiger partial charge in [0.25, 0.3) is 0 Å². The molecule has 2 fully saturated rings. The molecule has 2 saturated heterocycles. The van der Waals surface area contributed by atoms with Crippen LogP contribution in [0.1, 0.15) is 43.6 Å². The molecule has 1 spiro atoms. The van der Waals surface area contributed by atoms with Crippen LogP contribution in [0.5, 0.6) is 5.75 Å². The van der Waals surface area contributed by atoms with Gasteiger partial charge in [0.05, 0.1) is 18.6 Å². The number of nitrogens with zero attached hydrogens (tertiary/aromatic N) is 1. The Bertz CT molecular complexity index is 687. The second-order valence-corrected chi connectivity index (χ2v) is 7.22. The second-order valence-electron chi connectivity index (χ2n) is 7.22. The number of benzene rings is 1. The number of amides is 2. The normalized spacial score (nSPS) is 24.8. The number of piperidine rings is 1. The van der Waals surface area contributed by atoms with E-state index in [1.165, 1.54) is 0 Å². The molecule has 1 aromatic carbocycles. The third kappa shape index (κ3) is 2.99. The van der Waals surface area contributed by atoms with Crippen molar-refractivity contribution < 1.29 is 19.1 Å². The van der Waals surface area contributed by atoms with E-state index < -0.39 is 5.92 Å². The molecule has 0 saturated carbocycles. The topological polar surface area (TPSA) is 67.9 Å². The van der Waals surface area contributed by atoms with Crippen LogP contribution >= 0.6 is 0 Å². The molecule has 1 aromatic rings. The van der Waals surface area contributed by atoms with Crippen molar-refractivity contribution in [1.29, 1.82) is 0 Å². The molecule has 1 N–H and O–H groups in total. The summed E-state index contributed by atoms with van der Waals surface area (Å²) in [6, 6.07) is 5.47. The van der Waals surface area contributed by atoms with Crippen LogP contribution in [0.25, 0.3) is 0 Å². The average molecular weight is 344 g/mol. The number of ether oxygens (including phenoxy) is 2. The first-order valence-electron chi connectivity index (χ1n) is 9.01. The van der Waals surface area contributed by atoms with Crippen molar-refractivity contribution in [3.05, 3.63) is 23.8 Å². The zero-order valence-electron chi connectivity index (χ0n) is 14.5. The van der Waals surface area contributed by atoms with Gasteiger partial charge in [-0.1, -0.05) is 0 Å². The second kappa shape index (κ2) is 6.33. The summed E-state index contributed by atoms with van der Waals surface area (Å²) >= 11 is 0. The summed E-state index contributed by atoms with van der Waals surface area (Å²) < 4.78 is 11.2. The van der Waals surface area contributed by atoms with E-state index in [4.69, 9.17) is 9.47 Å². The van der Waals surface area contributed by atoms with Gasteiger partial charge in [-0.2, -0.15) is 0 Å². The first-order valence-corrected chi connectivity index (χ1v) is 9.01. The number of anilines is 1. The number of methoxy groups -OCH3 is 1. The maximum Gasteiger partial charge on any atom is 0.230 e. The van der Waals surface area contributed by atoms with E-state index in [2.05, 4.69) is 5.32 Å².